The Kier molecular flexibility index (Phi) is 9.42. The number of aromatic carboxylic acids is 1. The van der Waals surface area contributed by atoms with Gasteiger partial charge in [0.15, 0.2) is 0 Å². The molecule has 2 aromatic carbocycles. The molecule has 5 rings (SSSR count). The summed E-state index contributed by atoms with van der Waals surface area (Å²) in [7, 11) is 2.98. The first-order valence-corrected chi connectivity index (χ1v) is 12.9. The van der Waals surface area contributed by atoms with Gasteiger partial charge in [-0.15, -0.1) is 0 Å². The number of hydrogen-bond donors (Lipinski definition) is 3. The maximum absolute atomic E-state index is 11.5. The Bertz CT molecular complexity index is 1430. The first-order chi connectivity index (χ1) is 18.8. The van der Waals surface area contributed by atoms with E-state index in [1.54, 1.807) is 30.5 Å². The smallest absolute Gasteiger partial charge is 0.337 e. The second-order valence-corrected chi connectivity index (χ2v) is 9.51. The highest BCUT2D eigenvalue weighted by atomic mass is 35.5. The van der Waals surface area contributed by atoms with Crippen molar-refractivity contribution in [2.45, 2.75) is 6.54 Å². The lowest BCUT2D eigenvalue weighted by atomic mass is 9.97. The monoisotopic (exact) mass is 569 g/mol. The quantitative estimate of drug-likeness (QED) is 0.294. The van der Waals surface area contributed by atoms with Crippen LogP contribution in [0.3, 0.4) is 0 Å². The van der Waals surface area contributed by atoms with E-state index in [-0.39, 0.29) is 5.56 Å². The molecule has 9 nitrogen and oxygen atoms in total. The maximum atomic E-state index is 11.5. The van der Waals surface area contributed by atoms with Crippen LogP contribution in [0.1, 0.15) is 16.1 Å². The molecule has 0 unspecified atom stereocenters. The number of anilines is 1. The number of aromatic nitrogens is 2. The number of hydrogen-bond acceptors (Lipinski definition) is 8. The van der Waals surface area contributed by atoms with E-state index in [1.165, 1.54) is 26.5 Å². The van der Waals surface area contributed by atoms with Crippen LogP contribution >= 0.6 is 23.2 Å². The number of nitrogens with zero attached hydrogens (tertiary/aromatic N) is 3. The van der Waals surface area contributed by atoms with Crippen molar-refractivity contribution in [3.63, 3.8) is 0 Å². The highest BCUT2D eigenvalue weighted by molar-refractivity contribution is 6.41. The lowest BCUT2D eigenvalue weighted by Crippen LogP contribution is -2.43. The zero-order chi connectivity index (χ0) is 27.9. The summed E-state index contributed by atoms with van der Waals surface area (Å²) in [5, 5.41) is 13.9. The molecule has 0 saturated carbocycles. The molecule has 1 fully saturated rings. The van der Waals surface area contributed by atoms with Crippen LogP contribution in [-0.2, 0) is 6.54 Å². The third kappa shape index (κ3) is 6.51. The molecular weight excluding hydrogens is 541 g/mol. The normalized spacial score (nSPS) is 13.4. The molecular formula is C28H29Cl2N5O4. The number of nitrogen functional groups attached to an aromatic ring is 1. The Morgan fingerprint density at radius 1 is 1.05 bits per heavy atom. The summed E-state index contributed by atoms with van der Waals surface area (Å²) in [6.45, 7) is 5.30. The summed E-state index contributed by atoms with van der Waals surface area (Å²) in [6.07, 6.45) is 3.26. The van der Waals surface area contributed by atoms with Gasteiger partial charge in [-0.05, 0) is 29.8 Å². The molecule has 0 radical (unpaired) electrons. The van der Waals surface area contributed by atoms with Gasteiger partial charge in [0.25, 0.3) is 0 Å². The molecule has 4 N–H and O–H groups in total. The average Bonchev–Trinajstić information content (AvgIpc) is 2.95. The summed E-state index contributed by atoms with van der Waals surface area (Å²) in [4.78, 5) is 22.4. The van der Waals surface area contributed by atoms with Gasteiger partial charge in [0.2, 0.25) is 0 Å². The summed E-state index contributed by atoms with van der Waals surface area (Å²) >= 11 is 13.0. The fourth-order valence-electron chi connectivity index (χ4n) is 4.31. The number of rotatable bonds is 6. The summed E-state index contributed by atoms with van der Waals surface area (Å²) in [6, 6.07) is 12.1. The van der Waals surface area contributed by atoms with E-state index in [1.807, 2.05) is 12.1 Å². The number of nitrogens with two attached hydrogens (primary N) is 1. The molecule has 0 bridgehead atoms. The Morgan fingerprint density at radius 2 is 1.74 bits per heavy atom. The number of halogens is 2. The Labute approximate surface area is 236 Å². The minimum Gasteiger partial charge on any atom is -0.495 e. The standard InChI is InChI=1S/C18H13Cl2NO4.C10H16N4/c1-24-12-8-13(25-2)16(20)14(15(12)19)9-5-6-11(18(22)23)17-10(9)4-3-7-21-17;11-9-1-2-10(13-7-9)8-14-5-3-12-4-6-14/h3-8H,1-2H3,(H,22,23);1-2,7,12H,3-6,8,11H2. The van der Waals surface area contributed by atoms with Crippen LogP contribution in [0, 0.1) is 0 Å². The predicted molar refractivity (Wildman–Crippen MR) is 154 cm³/mol. The SMILES string of the molecule is COc1cc(OC)c(Cl)c(-c2ccc(C(=O)O)c3ncccc23)c1Cl.Nc1ccc(CN2CCNCC2)nc1. The fraction of sp³-hybridized carbons (Fsp3) is 0.250. The number of carbonyl (C=O) groups is 1. The van der Waals surface area contributed by atoms with Gasteiger partial charge in [-0.2, -0.15) is 0 Å². The minimum atomic E-state index is -1.06. The first kappa shape index (κ1) is 28.4. The van der Waals surface area contributed by atoms with Crippen molar-refractivity contribution in [1.82, 2.24) is 20.2 Å². The molecule has 0 aliphatic carbocycles. The van der Waals surface area contributed by atoms with Crippen LogP contribution in [0.25, 0.3) is 22.0 Å². The second-order valence-electron chi connectivity index (χ2n) is 8.76. The molecule has 1 saturated heterocycles. The number of nitrogens with one attached hydrogen (secondary N) is 1. The van der Waals surface area contributed by atoms with Gasteiger partial charge >= 0.3 is 5.97 Å². The number of fused-ring (bicyclic) bond motifs is 1. The fourth-order valence-corrected chi connectivity index (χ4v) is 5.02. The first-order valence-electron chi connectivity index (χ1n) is 12.2. The molecule has 3 heterocycles. The Hall–Kier alpha value is -3.63. The van der Waals surface area contributed by atoms with Crippen molar-refractivity contribution >= 4 is 45.8 Å². The van der Waals surface area contributed by atoms with Gasteiger partial charge < -0.3 is 25.6 Å². The molecule has 2 aromatic heterocycles. The van der Waals surface area contributed by atoms with Gasteiger partial charge in [0.1, 0.15) is 11.5 Å². The molecule has 4 aromatic rings. The summed E-state index contributed by atoms with van der Waals surface area (Å²) in [5.41, 5.74) is 8.98. The van der Waals surface area contributed by atoms with Crippen LogP contribution in [0.15, 0.2) is 54.9 Å². The largest absolute Gasteiger partial charge is 0.495 e. The van der Waals surface area contributed by atoms with Gasteiger partial charge in [0.05, 0.1) is 52.9 Å². The van der Waals surface area contributed by atoms with E-state index in [0.717, 1.165) is 44.1 Å². The zero-order valence-electron chi connectivity index (χ0n) is 21.6. The lowest BCUT2D eigenvalue weighted by Gasteiger charge is -2.26. The van der Waals surface area contributed by atoms with Gasteiger partial charge in [-0.1, -0.05) is 35.3 Å². The van der Waals surface area contributed by atoms with Crippen LogP contribution < -0.4 is 20.5 Å². The third-order valence-corrected chi connectivity index (χ3v) is 7.04. The third-order valence-electron chi connectivity index (χ3n) is 6.29. The van der Waals surface area contributed by atoms with E-state index in [9.17, 15) is 9.90 Å². The van der Waals surface area contributed by atoms with Crippen molar-refractivity contribution in [3.05, 3.63) is 76.2 Å². The highest BCUT2D eigenvalue weighted by Crippen LogP contribution is 2.47. The van der Waals surface area contributed by atoms with Crippen molar-refractivity contribution < 1.29 is 19.4 Å². The molecule has 1 aliphatic heterocycles. The van der Waals surface area contributed by atoms with E-state index >= 15 is 0 Å². The number of methoxy groups -OCH3 is 2. The van der Waals surface area contributed by atoms with Crippen molar-refractivity contribution in [2.24, 2.45) is 0 Å². The molecule has 0 spiro atoms. The number of benzene rings is 2. The van der Waals surface area contributed by atoms with Crippen LogP contribution in [0.4, 0.5) is 5.69 Å². The second kappa shape index (κ2) is 12.9. The zero-order valence-corrected chi connectivity index (χ0v) is 23.1. The van der Waals surface area contributed by atoms with E-state index < -0.39 is 5.97 Å². The molecule has 1 aliphatic rings. The van der Waals surface area contributed by atoms with Crippen molar-refractivity contribution in [2.75, 3.05) is 46.1 Å². The Balaban J connectivity index is 0.000000212. The topological polar surface area (TPSA) is 123 Å². The van der Waals surface area contributed by atoms with Gasteiger partial charge in [0, 0.05) is 55.9 Å². The maximum Gasteiger partial charge on any atom is 0.337 e. The summed E-state index contributed by atoms with van der Waals surface area (Å²) in [5.74, 6) is -0.259. The van der Waals surface area contributed by atoms with E-state index in [4.69, 9.17) is 38.4 Å². The number of pyridine rings is 2. The number of piperazine rings is 1. The molecule has 39 heavy (non-hydrogen) atoms. The van der Waals surface area contributed by atoms with Crippen LogP contribution in [0.5, 0.6) is 11.5 Å². The highest BCUT2D eigenvalue weighted by Gasteiger charge is 2.22. The predicted octanol–water partition coefficient (Wildman–Crippen LogP) is 4.99. The number of carboxylic acid groups (broad SMARTS) is 1. The number of ether oxygens (including phenoxy) is 2. The molecule has 204 valence electrons. The summed E-state index contributed by atoms with van der Waals surface area (Å²) < 4.78 is 10.6. The van der Waals surface area contributed by atoms with Crippen LogP contribution in [-0.4, -0.2) is 66.3 Å². The minimum absolute atomic E-state index is 0.0986. The van der Waals surface area contributed by atoms with Crippen molar-refractivity contribution in [1.29, 1.82) is 0 Å². The molecule has 0 amide bonds. The molecule has 0 atom stereocenters. The lowest BCUT2D eigenvalue weighted by molar-refractivity contribution is 0.0699. The Morgan fingerprint density at radius 3 is 2.33 bits per heavy atom. The van der Waals surface area contributed by atoms with Gasteiger partial charge in [-0.25, -0.2) is 4.79 Å². The molecule has 11 heteroatoms. The van der Waals surface area contributed by atoms with E-state index in [0.29, 0.717) is 43.6 Å². The van der Waals surface area contributed by atoms with Crippen molar-refractivity contribution in [3.8, 4) is 22.6 Å². The van der Waals surface area contributed by atoms with Gasteiger partial charge in [-0.3, -0.25) is 14.9 Å². The van der Waals surface area contributed by atoms with Crippen LogP contribution in [0.2, 0.25) is 10.0 Å². The van der Waals surface area contributed by atoms with E-state index in [2.05, 4.69) is 20.2 Å². The average molecular weight is 570 g/mol. The number of carboxylic acids is 1.